The molecular weight excluding hydrogens is 396 g/mol. The molecule has 0 radical (unpaired) electrons. The number of aromatic hydroxyl groups is 2. The molecule has 1 saturated heterocycles. The summed E-state index contributed by atoms with van der Waals surface area (Å²) in [5.41, 5.74) is 1.29. The van der Waals surface area contributed by atoms with E-state index in [0.717, 1.165) is 18.4 Å². The summed E-state index contributed by atoms with van der Waals surface area (Å²) in [6, 6.07) is 4.24. The molecule has 0 amide bonds. The number of Topliss-reactive ketones (excluding diaryl/α,β-unsaturated/α-hetero) is 1. The second kappa shape index (κ2) is 9.02. The lowest BCUT2D eigenvalue weighted by Gasteiger charge is -2.41. The molecule has 0 bridgehead atoms. The van der Waals surface area contributed by atoms with Crippen LogP contribution >= 0.6 is 0 Å². The molecule has 3 atom stereocenters. The van der Waals surface area contributed by atoms with Gasteiger partial charge in [0.15, 0.2) is 17.3 Å². The fourth-order valence-corrected chi connectivity index (χ4v) is 4.03. The lowest BCUT2D eigenvalue weighted by atomic mass is 9.73. The Balaban J connectivity index is 1.79. The van der Waals surface area contributed by atoms with E-state index in [1.165, 1.54) is 29.9 Å². The average molecular weight is 427 g/mol. The van der Waals surface area contributed by atoms with E-state index in [1.54, 1.807) is 6.07 Å². The number of phenols is 2. The van der Waals surface area contributed by atoms with Gasteiger partial charge in [0, 0.05) is 12.5 Å². The van der Waals surface area contributed by atoms with Crippen LogP contribution in [-0.2, 0) is 9.53 Å². The molecule has 1 aliphatic heterocycles. The van der Waals surface area contributed by atoms with Crippen molar-refractivity contribution in [2.45, 2.75) is 58.2 Å². The van der Waals surface area contributed by atoms with Crippen molar-refractivity contribution >= 4 is 5.78 Å². The zero-order valence-corrected chi connectivity index (χ0v) is 18.1. The van der Waals surface area contributed by atoms with Crippen molar-refractivity contribution in [1.82, 2.24) is 0 Å². The first-order valence-electron chi connectivity index (χ1n) is 10.4. The van der Waals surface area contributed by atoms with Gasteiger partial charge in [-0.3, -0.25) is 4.79 Å². The first kappa shape index (κ1) is 22.7. The van der Waals surface area contributed by atoms with Gasteiger partial charge in [0.25, 0.3) is 0 Å². The first-order chi connectivity index (χ1) is 14.6. The average Bonchev–Trinajstić information content (AvgIpc) is 2.67. The molecule has 0 spiro atoms. The van der Waals surface area contributed by atoms with E-state index in [9.17, 15) is 25.2 Å². The summed E-state index contributed by atoms with van der Waals surface area (Å²) in [6.07, 6.45) is 7.99. The molecule has 0 saturated carbocycles. The summed E-state index contributed by atoms with van der Waals surface area (Å²) in [5.74, 6) is -1.65. The van der Waals surface area contributed by atoms with Crippen molar-refractivity contribution in [1.29, 1.82) is 0 Å². The Bertz CT molecular complexity index is 980. The molecule has 1 fully saturated rings. The lowest BCUT2D eigenvalue weighted by Crippen LogP contribution is -2.47. The highest BCUT2D eigenvalue weighted by Crippen LogP contribution is 2.45. The molecule has 1 aromatic rings. The number of allylic oxidation sites excluding steroid dienone is 4. The lowest BCUT2D eigenvalue weighted by molar-refractivity contribution is -0.139. The third-order valence-electron chi connectivity index (χ3n) is 5.70. The number of carbonyl (C=O) groups excluding carboxylic acids is 1. The van der Waals surface area contributed by atoms with Gasteiger partial charge in [-0.25, -0.2) is 0 Å². The highest BCUT2D eigenvalue weighted by molar-refractivity contribution is 5.87. The predicted octanol–water partition coefficient (Wildman–Crippen LogP) is 4.90. The Labute approximate surface area is 182 Å². The highest BCUT2D eigenvalue weighted by atomic mass is 16.5. The number of rotatable bonds is 6. The van der Waals surface area contributed by atoms with Gasteiger partial charge in [0.2, 0.25) is 0 Å². The number of hydrogen-bond donors (Lipinski definition) is 4. The van der Waals surface area contributed by atoms with E-state index in [2.05, 4.69) is 6.08 Å². The van der Waals surface area contributed by atoms with E-state index in [-0.39, 0.29) is 41.6 Å². The zero-order chi connectivity index (χ0) is 22.8. The number of phenolic OH excluding ortho intramolecular Hbond substituents is 2. The third-order valence-corrected chi connectivity index (χ3v) is 5.70. The van der Waals surface area contributed by atoms with Crippen LogP contribution in [0.3, 0.4) is 0 Å². The number of benzene rings is 1. The van der Waals surface area contributed by atoms with E-state index >= 15 is 0 Å². The number of aliphatic hydroxyl groups excluding tert-OH is 1. The van der Waals surface area contributed by atoms with Gasteiger partial charge in [0.1, 0.15) is 29.1 Å². The minimum atomic E-state index is -1.58. The van der Waals surface area contributed by atoms with E-state index in [0.29, 0.717) is 5.56 Å². The van der Waals surface area contributed by atoms with Gasteiger partial charge in [-0.2, -0.15) is 0 Å². The monoisotopic (exact) mass is 426 g/mol. The van der Waals surface area contributed by atoms with E-state index < -0.39 is 17.6 Å². The number of fused-ring (bicyclic) bond motifs is 1. The fraction of sp³-hybridized carbons (Fsp3) is 0.400. The fourth-order valence-electron chi connectivity index (χ4n) is 4.03. The van der Waals surface area contributed by atoms with Crippen LogP contribution in [0.5, 0.6) is 11.5 Å². The number of hydrogen-bond acceptors (Lipinski definition) is 6. The van der Waals surface area contributed by atoms with Crippen LogP contribution in [-0.4, -0.2) is 31.8 Å². The van der Waals surface area contributed by atoms with Crippen molar-refractivity contribution in [2.24, 2.45) is 5.92 Å². The molecule has 166 valence electrons. The molecule has 31 heavy (non-hydrogen) atoms. The summed E-state index contributed by atoms with van der Waals surface area (Å²) in [4.78, 5) is 13.0. The minimum absolute atomic E-state index is 0.00635. The topological polar surface area (TPSA) is 107 Å². The molecule has 4 N–H and O–H groups in total. The van der Waals surface area contributed by atoms with Crippen LogP contribution in [0.15, 0.2) is 65.2 Å². The Morgan fingerprint density at radius 1 is 1.16 bits per heavy atom. The summed E-state index contributed by atoms with van der Waals surface area (Å²) >= 11 is 0. The quantitative estimate of drug-likeness (QED) is 0.381. The van der Waals surface area contributed by atoms with Crippen molar-refractivity contribution in [3.8, 4) is 11.5 Å². The molecule has 1 heterocycles. The predicted molar refractivity (Wildman–Crippen MR) is 117 cm³/mol. The number of ketones is 1. The SMILES string of the molecule is CC(C)=CCC/C(C)=C/CC1(O)C=C(O)C=C2OC(c3ccc(O)c(O)c3)CC(=O)C21. The largest absolute Gasteiger partial charge is 0.508 e. The minimum Gasteiger partial charge on any atom is -0.508 e. The second-order valence-corrected chi connectivity index (χ2v) is 8.64. The molecule has 3 unspecified atom stereocenters. The van der Waals surface area contributed by atoms with Crippen LogP contribution in [0, 0.1) is 5.92 Å². The standard InChI is InChI=1S/C25H30O6/c1-15(2)5-4-6-16(3)9-10-25(30)14-18(26)12-23-24(25)21(29)13-22(31-23)17-7-8-19(27)20(28)11-17/h5,7-9,11-12,14,22,24,26-28,30H,4,6,10,13H2,1-3H3/b16-9+. The maximum atomic E-state index is 13.0. The summed E-state index contributed by atoms with van der Waals surface area (Å²) in [6.45, 7) is 6.08. The third kappa shape index (κ3) is 5.20. The first-order valence-corrected chi connectivity index (χ1v) is 10.4. The van der Waals surface area contributed by atoms with Crippen molar-refractivity contribution in [3.63, 3.8) is 0 Å². The van der Waals surface area contributed by atoms with Gasteiger partial charge in [-0.15, -0.1) is 0 Å². The smallest absolute Gasteiger partial charge is 0.157 e. The summed E-state index contributed by atoms with van der Waals surface area (Å²) in [5, 5.41) is 40.8. The highest BCUT2D eigenvalue weighted by Gasteiger charge is 2.49. The number of aliphatic hydroxyl groups is 2. The molecule has 1 aromatic carbocycles. The van der Waals surface area contributed by atoms with Gasteiger partial charge in [0.05, 0.1) is 0 Å². The molecule has 0 aromatic heterocycles. The second-order valence-electron chi connectivity index (χ2n) is 8.64. The maximum Gasteiger partial charge on any atom is 0.157 e. The number of carbonyl (C=O) groups is 1. The zero-order valence-electron chi connectivity index (χ0n) is 18.1. The Morgan fingerprint density at radius 2 is 1.90 bits per heavy atom. The Morgan fingerprint density at radius 3 is 2.58 bits per heavy atom. The molecule has 6 nitrogen and oxygen atoms in total. The maximum absolute atomic E-state index is 13.0. The van der Waals surface area contributed by atoms with Crippen LogP contribution in [0.1, 0.15) is 58.1 Å². The van der Waals surface area contributed by atoms with Gasteiger partial charge in [-0.05, 0) is 63.8 Å². The van der Waals surface area contributed by atoms with Crippen molar-refractivity contribution in [3.05, 3.63) is 70.7 Å². The van der Waals surface area contributed by atoms with Gasteiger partial charge >= 0.3 is 0 Å². The van der Waals surface area contributed by atoms with Gasteiger partial charge < -0.3 is 25.2 Å². The molecule has 1 aliphatic carbocycles. The molecule has 3 rings (SSSR count). The Kier molecular flexibility index (Phi) is 6.60. The van der Waals surface area contributed by atoms with E-state index in [1.807, 2.05) is 26.8 Å². The van der Waals surface area contributed by atoms with Crippen LogP contribution in [0.2, 0.25) is 0 Å². The molecular formula is C25H30O6. The van der Waals surface area contributed by atoms with Crippen molar-refractivity contribution in [2.75, 3.05) is 0 Å². The van der Waals surface area contributed by atoms with E-state index in [4.69, 9.17) is 4.74 Å². The summed E-state index contributed by atoms with van der Waals surface area (Å²) in [7, 11) is 0. The van der Waals surface area contributed by atoms with Crippen molar-refractivity contribution < 1.29 is 30.0 Å². The summed E-state index contributed by atoms with van der Waals surface area (Å²) < 4.78 is 5.96. The normalized spacial score (nSPS) is 25.8. The Hall–Kier alpha value is -2.99. The number of ether oxygens (including phenoxy) is 1. The molecule has 2 aliphatic rings. The van der Waals surface area contributed by atoms with Crippen LogP contribution < -0.4 is 0 Å². The van der Waals surface area contributed by atoms with Gasteiger partial charge in [-0.1, -0.05) is 29.4 Å². The molecule has 6 heteroatoms. The van der Waals surface area contributed by atoms with Crippen LogP contribution in [0.25, 0.3) is 0 Å². The van der Waals surface area contributed by atoms with Crippen LogP contribution in [0.4, 0.5) is 0 Å².